The zero-order chi connectivity index (χ0) is 14.3. The first-order valence-electron chi connectivity index (χ1n) is 6.99. The van der Waals surface area contributed by atoms with Gasteiger partial charge in [0.25, 0.3) is 0 Å². The molecule has 0 amide bonds. The van der Waals surface area contributed by atoms with E-state index in [0.29, 0.717) is 12.2 Å². The third-order valence-electron chi connectivity index (χ3n) is 4.22. The molecule has 0 radical (unpaired) electrons. The number of rotatable bonds is 4. The van der Waals surface area contributed by atoms with Crippen LogP contribution in [0.4, 0.5) is 0 Å². The molecular formula is C14H23BO3S. The summed E-state index contributed by atoms with van der Waals surface area (Å²) in [6, 6.07) is 0. The van der Waals surface area contributed by atoms with Gasteiger partial charge >= 0.3 is 7.12 Å². The SMILES string of the molecule is CCCC(=O)C1CC(B2OC(C)(C)C(C)(C)O2)=CS1. The minimum absolute atomic E-state index is 0.0639. The number of hydrogen-bond acceptors (Lipinski definition) is 4. The van der Waals surface area contributed by atoms with E-state index in [4.69, 9.17) is 9.31 Å². The maximum atomic E-state index is 11.9. The van der Waals surface area contributed by atoms with Crippen molar-refractivity contribution >= 4 is 24.7 Å². The van der Waals surface area contributed by atoms with Gasteiger partial charge in [-0.15, -0.1) is 11.8 Å². The molecule has 0 aromatic rings. The highest BCUT2D eigenvalue weighted by Crippen LogP contribution is 2.42. The minimum Gasteiger partial charge on any atom is -0.400 e. The van der Waals surface area contributed by atoms with Crippen molar-refractivity contribution in [3.05, 3.63) is 10.9 Å². The van der Waals surface area contributed by atoms with Crippen LogP contribution in [0.2, 0.25) is 0 Å². The molecule has 0 spiro atoms. The third-order valence-corrected chi connectivity index (χ3v) is 5.41. The summed E-state index contributed by atoms with van der Waals surface area (Å²) in [5.74, 6) is 0.343. The van der Waals surface area contributed by atoms with Gasteiger partial charge in [0.05, 0.1) is 16.5 Å². The van der Waals surface area contributed by atoms with Crippen LogP contribution < -0.4 is 0 Å². The second-order valence-electron chi connectivity index (χ2n) is 6.33. The van der Waals surface area contributed by atoms with E-state index in [-0.39, 0.29) is 23.6 Å². The van der Waals surface area contributed by atoms with Crippen molar-refractivity contribution in [2.45, 2.75) is 70.3 Å². The highest BCUT2D eigenvalue weighted by Gasteiger charge is 2.53. The largest absolute Gasteiger partial charge is 0.491 e. The Hall–Kier alpha value is -0.255. The van der Waals surface area contributed by atoms with Crippen LogP contribution in [-0.4, -0.2) is 29.4 Å². The minimum atomic E-state index is -0.311. The fourth-order valence-electron chi connectivity index (χ4n) is 2.22. The molecule has 0 N–H and O–H groups in total. The highest BCUT2D eigenvalue weighted by molar-refractivity contribution is 8.03. The predicted octanol–water partition coefficient (Wildman–Crippen LogP) is 3.38. The molecule has 19 heavy (non-hydrogen) atoms. The van der Waals surface area contributed by atoms with Crippen LogP contribution in [0.25, 0.3) is 0 Å². The van der Waals surface area contributed by atoms with Crippen molar-refractivity contribution in [2.75, 3.05) is 0 Å². The molecule has 2 aliphatic rings. The van der Waals surface area contributed by atoms with Gasteiger partial charge in [0.2, 0.25) is 0 Å². The van der Waals surface area contributed by atoms with Gasteiger partial charge in [-0.3, -0.25) is 4.79 Å². The average molecular weight is 282 g/mol. The van der Waals surface area contributed by atoms with E-state index >= 15 is 0 Å². The summed E-state index contributed by atoms with van der Waals surface area (Å²) in [5, 5.41) is 2.12. The smallest absolute Gasteiger partial charge is 0.400 e. The number of thioether (sulfide) groups is 1. The van der Waals surface area contributed by atoms with Crippen LogP contribution in [0.15, 0.2) is 10.9 Å². The first-order valence-corrected chi connectivity index (χ1v) is 7.94. The van der Waals surface area contributed by atoms with Crippen LogP contribution in [0, 0.1) is 0 Å². The second kappa shape index (κ2) is 5.26. The van der Waals surface area contributed by atoms with Crippen molar-refractivity contribution in [3.8, 4) is 0 Å². The van der Waals surface area contributed by atoms with Gasteiger partial charge in [0, 0.05) is 6.42 Å². The van der Waals surface area contributed by atoms with Crippen molar-refractivity contribution in [2.24, 2.45) is 0 Å². The van der Waals surface area contributed by atoms with E-state index < -0.39 is 0 Å². The van der Waals surface area contributed by atoms with E-state index in [9.17, 15) is 4.79 Å². The number of allylic oxidation sites excluding steroid dienone is 1. The van der Waals surface area contributed by atoms with Crippen LogP contribution in [0.1, 0.15) is 53.9 Å². The van der Waals surface area contributed by atoms with Crippen LogP contribution in [0.3, 0.4) is 0 Å². The molecule has 5 heteroatoms. The third kappa shape index (κ3) is 2.93. The van der Waals surface area contributed by atoms with E-state index in [1.54, 1.807) is 11.8 Å². The van der Waals surface area contributed by atoms with Crippen molar-refractivity contribution in [1.82, 2.24) is 0 Å². The van der Waals surface area contributed by atoms with Crippen LogP contribution in [-0.2, 0) is 14.1 Å². The van der Waals surface area contributed by atoms with Crippen LogP contribution >= 0.6 is 11.8 Å². The van der Waals surface area contributed by atoms with Gasteiger partial charge < -0.3 is 9.31 Å². The highest BCUT2D eigenvalue weighted by atomic mass is 32.2. The van der Waals surface area contributed by atoms with Crippen molar-refractivity contribution in [3.63, 3.8) is 0 Å². The topological polar surface area (TPSA) is 35.5 Å². The zero-order valence-electron chi connectivity index (χ0n) is 12.5. The van der Waals surface area contributed by atoms with Gasteiger partial charge in [-0.25, -0.2) is 0 Å². The molecule has 1 atom stereocenters. The fourth-order valence-corrected chi connectivity index (χ4v) is 3.33. The molecule has 0 aromatic carbocycles. The molecule has 1 unspecified atom stereocenters. The fraction of sp³-hybridized carbons (Fsp3) is 0.786. The Morgan fingerprint density at radius 2 is 1.95 bits per heavy atom. The lowest BCUT2D eigenvalue weighted by Crippen LogP contribution is -2.41. The van der Waals surface area contributed by atoms with Gasteiger partial charge in [-0.1, -0.05) is 6.92 Å². The number of ketones is 1. The monoisotopic (exact) mass is 282 g/mol. The Morgan fingerprint density at radius 1 is 1.37 bits per heavy atom. The molecule has 3 nitrogen and oxygen atoms in total. The molecular weight excluding hydrogens is 259 g/mol. The predicted molar refractivity (Wildman–Crippen MR) is 80.1 cm³/mol. The normalized spacial score (nSPS) is 28.6. The lowest BCUT2D eigenvalue weighted by molar-refractivity contribution is -0.118. The Kier molecular flexibility index (Phi) is 4.19. The Balaban J connectivity index is 1.98. The summed E-state index contributed by atoms with van der Waals surface area (Å²) in [6.07, 6.45) is 2.35. The molecule has 0 aliphatic carbocycles. The molecule has 2 aliphatic heterocycles. The molecule has 0 bridgehead atoms. The van der Waals surface area contributed by atoms with Gasteiger partial charge in [0.1, 0.15) is 5.78 Å². The summed E-state index contributed by atoms with van der Waals surface area (Å²) < 4.78 is 12.0. The molecule has 2 heterocycles. The number of carbonyl (C=O) groups excluding carboxylic acids is 1. The maximum Gasteiger partial charge on any atom is 0.491 e. The van der Waals surface area contributed by atoms with E-state index in [0.717, 1.165) is 18.3 Å². The number of Topliss-reactive ketones (excluding diaryl/α,β-unsaturated/α-hetero) is 1. The first kappa shape index (κ1) is 15.1. The van der Waals surface area contributed by atoms with Crippen molar-refractivity contribution < 1.29 is 14.1 Å². The Morgan fingerprint density at radius 3 is 2.47 bits per heavy atom. The second-order valence-corrected chi connectivity index (χ2v) is 7.40. The first-order chi connectivity index (χ1) is 8.77. The molecule has 1 saturated heterocycles. The average Bonchev–Trinajstić information content (AvgIpc) is 2.83. The number of hydrogen-bond donors (Lipinski definition) is 0. The number of carbonyl (C=O) groups is 1. The summed E-state index contributed by atoms with van der Waals surface area (Å²) >= 11 is 1.61. The summed E-state index contributed by atoms with van der Waals surface area (Å²) in [7, 11) is -0.295. The van der Waals surface area contributed by atoms with E-state index in [2.05, 4.69) is 33.1 Å². The van der Waals surface area contributed by atoms with Crippen LogP contribution in [0.5, 0.6) is 0 Å². The summed E-state index contributed by atoms with van der Waals surface area (Å²) in [5.41, 5.74) is 0.488. The molecule has 0 saturated carbocycles. The quantitative estimate of drug-likeness (QED) is 0.740. The lowest BCUT2D eigenvalue weighted by atomic mass is 9.76. The summed E-state index contributed by atoms with van der Waals surface area (Å²) in [6.45, 7) is 10.2. The molecule has 106 valence electrons. The maximum absolute atomic E-state index is 11.9. The molecule has 2 rings (SSSR count). The lowest BCUT2D eigenvalue weighted by Gasteiger charge is -2.32. The van der Waals surface area contributed by atoms with E-state index in [1.165, 1.54) is 0 Å². The Bertz CT molecular complexity index is 387. The molecule has 0 aromatic heterocycles. The van der Waals surface area contributed by atoms with Gasteiger partial charge in [0.15, 0.2) is 0 Å². The Labute approximate surface area is 120 Å². The zero-order valence-corrected chi connectivity index (χ0v) is 13.3. The van der Waals surface area contributed by atoms with Gasteiger partial charge in [-0.2, -0.15) is 0 Å². The summed E-state index contributed by atoms with van der Waals surface area (Å²) in [4.78, 5) is 11.9. The standard InChI is InChI=1S/C14H23BO3S/c1-6-7-11(16)12-8-10(9-19-12)15-17-13(2,3)14(4,5)18-15/h9,12H,6-8H2,1-5H3. The van der Waals surface area contributed by atoms with Crippen molar-refractivity contribution in [1.29, 1.82) is 0 Å². The van der Waals surface area contributed by atoms with Gasteiger partial charge in [-0.05, 0) is 51.4 Å². The molecule has 1 fully saturated rings. The van der Waals surface area contributed by atoms with E-state index in [1.807, 2.05) is 6.92 Å².